The van der Waals surface area contributed by atoms with Crippen LogP contribution in [0.5, 0.6) is 0 Å². The van der Waals surface area contributed by atoms with Gasteiger partial charge in [0.1, 0.15) is 0 Å². The van der Waals surface area contributed by atoms with Gasteiger partial charge in [-0.15, -0.1) is 0 Å². The Balaban J connectivity index is -0.000000520. The number of hydrogen-bond donors (Lipinski definition) is 0. The summed E-state index contributed by atoms with van der Waals surface area (Å²) in [4.78, 5) is 0. The summed E-state index contributed by atoms with van der Waals surface area (Å²) in [5.74, 6) is 2.27. The van der Waals surface area contributed by atoms with E-state index >= 15 is 0 Å². The molecule has 0 N–H and O–H groups in total. The summed E-state index contributed by atoms with van der Waals surface area (Å²) in [6.45, 7) is 21.2. The molecule has 0 heterocycles. The van der Waals surface area contributed by atoms with Gasteiger partial charge in [-0.25, -0.2) is 0 Å². The number of hydrogen-bond acceptors (Lipinski definition) is 1. The van der Waals surface area contributed by atoms with Gasteiger partial charge in [0.25, 0.3) is 0 Å². The smallest absolute Gasteiger partial charge is 0.694 e. The Bertz CT molecular complexity index is 300. The van der Waals surface area contributed by atoms with E-state index in [0.29, 0.717) is 6.10 Å². The minimum absolute atomic E-state index is 0. The maximum absolute atomic E-state index is 6.37. The molecule has 0 aliphatic heterocycles. The van der Waals surface area contributed by atoms with E-state index in [9.17, 15) is 0 Å². The maximum atomic E-state index is 6.37. The molecular formula is C19H36CuOSi. The fraction of sp³-hybridized carbons (Fsp3) is 0.789. The van der Waals surface area contributed by atoms with Gasteiger partial charge >= 0.3 is 17.1 Å². The monoisotopic (exact) mass is 371 g/mol. The Morgan fingerprint density at radius 3 is 2.05 bits per heavy atom. The zero-order chi connectivity index (χ0) is 16.9. The molecule has 0 bridgehead atoms. The molecule has 0 aromatic rings. The fourth-order valence-corrected chi connectivity index (χ4v) is 2.93. The van der Waals surface area contributed by atoms with Crippen LogP contribution in [0.2, 0.25) is 18.1 Å². The first-order valence-corrected chi connectivity index (χ1v) is 11.2. The van der Waals surface area contributed by atoms with Crippen LogP contribution in [-0.2, 0) is 21.5 Å². The Labute approximate surface area is 152 Å². The molecule has 1 nitrogen and oxygen atoms in total. The van der Waals surface area contributed by atoms with E-state index in [0.717, 1.165) is 25.7 Å². The standard InChI is InChI=1S/C14H29OSi.C5H7.Cu/c1-8-10-12-13(11-9-2)15-16(6,7)14(3,4)5;1-3-5-4-2;/h2,9,13H,8,10-12H2,1,3-7H3;3,5H2,1H3;/q2*-1;+2. The van der Waals surface area contributed by atoms with Crippen LogP contribution < -0.4 is 0 Å². The molecule has 0 saturated heterocycles. The molecule has 22 heavy (non-hydrogen) atoms. The molecule has 3 heteroatoms. The summed E-state index contributed by atoms with van der Waals surface area (Å²) in [5, 5.41) is 0.284. The third-order valence-electron chi connectivity index (χ3n) is 3.92. The number of unbranched alkanes of at least 4 members (excludes halogenated alkanes) is 2. The first-order chi connectivity index (χ1) is 9.66. The van der Waals surface area contributed by atoms with Crippen LogP contribution in [0.25, 0.3) is 0 Å². The van der Waals surface area contributed by atoms with Crippen LogP contribution in [0.4, 0.5) is 0 Å². The van der Waals surface area contributed by atoms with E-state index in [4.69, 9.17) is 17.4 Å². The Morgan fingerprint density at radius 2 is 1.77 bits per heavy atom. The molecule has 1 atom stereocenters. The molecule has 0 aliphatic carbocycles. The molecule has 0 fully saturated rings. The molecule has 0 aliphatic rings. The van der Waals surface area contributed by atoms with Crippen molar-refractivity contribution in [2.75, 3.05) is 0 Å². The Hall–Kier alpha value is -0.00364. The molecular weight excluding hydrogens is 336 g/mol. The van der Waals surface area contributed by atoms with Crippen molar-refractivity contribution in [3.05, 3.63) is 19.1 Å². The van der Waals surface area contributed by atoms with E-state index in [1.165, 1.54) is 12.8 Å². The third-order valence-corrected chi connectivity index (χ3v) is 8.46. The second-order valence-electron chi connectivity index (χ2n) is 7.04. The largest absolute Gasteiger partial charge is 2.00 e. The second kappa shape index (κ2) is 14.6. The molecule has 0 spiro atoms. The van der Waals surface area contributed by atoms with E-state index in [2.05, 4.69) is 46.7 Å². The average Bonchev–Trinajstić information content (AvgIpc) is 2.36. The summed E-state index contributed by atoms with van der Waals surface area (Å²) >= 11 is 0. The van der Waals surface area contributed by atoms with Gasteiger partial charge in [-0.2, -0.15) is 0 Å². The van der Waals surface area contributed by atoms with Gasteiger partial charge < -0.3 is 23.3 Å². The molecule has 0 amide bonds. The van der Waals surface area contributed by atoms with Gasteiger partial charge in [-0.1, -0.05) is 47.5 Å². The van der Waals surface area contributed by atoms with E-state index in [1.807, 2.05) is 6.92 Å². The first-order valence-electron chi connectivity index (χ1n) is 8.27. The van der Waals surface area contributed by atoms with Crippen LogP contribution >= 0.6 is 0 Å². The van der Waals surface area contributed by atoms with Crippen LogP contribution in [0.1, 0.15) is 73.1 Å². The summed E-state index contributed by atoms with van der Waals surface area (Å²) < 4.78 is 6.37. The van der Waals surface area contributed by atoms with Gasteiger partial charge in [0.05, 0.1) is 0 Å². The SMILES string of the molecule is [C-]#CCCC.[CH-]=CCC(CCCC)O[Si](C)(C)C(C)(C)C.[Cu+2]. The summed E-state index contributed by atoms with van der Waals surface area (Å²) in [6, 6.07) is 0. The Morgan fingerprint density at radius 1 is 1.23 bits per heavy atom. The van der Waals surface area contributed by atoms with Crippen molar-refractivity contribution in [3.8, 4) is 5.92 Å². The molecule has 0 aromatic heterocycles. The van der Waals surface area contributed by atoms with E-state index in [1.54, 1.807) is 6.08 Å². The van der Waals surface area contributed by atoms with Crippen molar-refractivity contribution >= 4 is 8.32 Å². The van der Waals surface area contributed by atoms with Crippen molar-refractivity contribution in [1.29, 1.82) is 0 Å². The van der Waals surface area contributed by atoms with Gasteiger partial charge in [-0.3, -0.25) is 6.08 Å². The minimum atomic E-state index is -1.63. The fourth-order valence-electron chi connectivity index (χ4n) is 1.53. The van der Waals surface area contributed by atoms with Crippen LogP contribution in [0.3, 0.4) is 0 Å². The summed E-state index contributed by atoms with van der Waals surface area (Å²) in [6.07, 6.45) is 14.7. The molecule has 133 valence electrons. The number of rotatable bonds is 8. The molecule has 1 unspecified atom stereocenters. The Kier molecular flexibility index (Phi) is 17.8. The van der Waals surface area contributed by atoms with Gasteiger partial charge in [0, 0.05) is 6.10 Å². The van der Waals surface area contributed by atoms with E-state index in [-0.39, 0.29) is 22.1 Å². The summed E-state index contributed by atoms with van der Waals surface area (Å²) in [7, 11) is -1.63. The zero-order valence-electron chi connectivity index (χ0n) is 15.7. The van der Waals surface area contributed by atoms with Crippen LogP contribution in [-0.4, -0.2) is 14.4 Å². The van der Waals surface area contributed by atoms with E-state index < -0.39 is 8.32 Å². The maximum Gasteiger partial charge on any atom is 2.00 e. The van der Waals surface area contributed by atoms with Gasteiger partial charge in [0.2, 0.25) is 0 Å². The third kappa shape index (κ3) is 13.6. The minimum Gasteiger partial charge on any atom is -0.694 e. The molecule has 0 saturated carbocycles. The van der Waals surface area contributed by atoms with Crippen molar-refractivity contribution in [2.24, 2.45) is 0 Å². The first kappa shape index (κ1) is 26.9. The molecule has 0 aromatic carbocycles. The van der Waals surface area contributed by atoms with Gasteiger partial charge in [-0.05, 0) is 43.8 Å². The average molecular weight is 372 g/mol. The van der Waals surface area contributed by atoms with Crippen molar-refractivity contribution in [2.45, 2.75) is 97.4 Å². The van der Waals surface area contributed by atoms with Crippen molar-refractivity contribution < 1.29 is 21.5 Å². The van der Waals surface area contributed by atoms with Crippen LogP contribution in [0, 0.1) is 18.9 Å². The predicted octanol–water partition coefficient (Wildman–Crippen LogP) is 6.32. The quantitative estimate of drug-likeness (QED) is 0.275. The van der Waals surface area contributed by atoms with Gasteiger partial charge in [0.15, 0.2) is 8.32 Å². The zero-order valence-corrected chi connectivity index (χ0v) is 17.6. The van der Waals surface area contributed by atoms with Crippen molar-refractivity contribution in [1.82, 2.24) is 0 Å². The molecule has 1 radical (unpaired) electrons. The molecule has 0 rings (SSSR count). The van der Waals surface area contributed by atoms with Crippen LogP contribution in [0.15, 0.2) is 6.08 Å². The second-order valence-corrected chi connectivity index (χ2v) is 11.8. The summed E-state index contributed by atoms with van der Waals surface area (Å²) in [5.41, 5.74) is 0. The predicted molar refractivity (Wildman–Crippen MR) is 97.1 cm³/mol. The topological polar surface area (TPSA) is 9.23 Å². The normalized spacial score (nSPS) is 12.3. The van der Waals surface area contributed by atoms with Crippen molar-refractivity contribution in [3.63, 3.8) is 0 Å².